The minimum Gasteiger partial charge on any atom is -0.497 e. The number of hydrogen-bond acceptors (Lipinski definition) is 3. The van der Waals surface area contributed by atoms with Gasteiger partial charge in [0.15, 0.2) is 5.11 Å². The summed E-state index contributed by atoms with van der Waals surface area (Å²) in [5.41, 5.74) is 5.53. The summed E-state index contributed by atoms with van der Waals surface area (Å²) in [5.74, 6) is 0.765. The molecule has 0 aromatic heterocycles. The minimum absolute atomic E-state index is 0.416. The second kappa shape index (κ2) is 7.91. The molecule has 2 N–H and O–H groups in total. The van der Waals surface area contributed by atoms with Crippen LogP contribution in [0.25, 0.3) is 0 Å². The molecule has 0 atom stereocenters. The van der Waals surface area contributed by atoms with Gasteiger partial charge in [0, 0.05) is 21.8 Å². The summed E-state index contributed by atoms with van der Waals surface area (Å²) in [6.07, 6.45) is 0. The zero-order valence-electron chi connectivity index (χ0n) is 12.3. The summed E-state index contributed by atoms with van der Waals surface area (Å²) in [6.45, 7) is 1.92. The number of methoxy groups -OCH3 is 1. The van der Waals surface area contributed by atoms with Crippen molar-refractivity contribution in [3.8, 4) is 5.75 Å². The van der Waals surface area contributed by atoms with Crippen LogP contribution in [-0.2, 0) is 0 Å². The van der Waals surface area contributed by atoms with Crippen molar-refractivity contribution in [2.24, 2.45) is 5.10 Å². The first-order valence-corrected chi connectivity index (χ1v) is 7.80. The molecule has 0 unspecified atom stereocenters. The Morgan fingerprint density at radius 3 is 2.68 bits per heavy atom. The van der Waals surface area contributed by atoms with Gasteiger partial charge in [0.25, 0.3) is 0 Å². The van der Waals surface area contributed by atoms with Crippen LogP contribution in [0, 0.1) is 0 Å². The van der Waals surface area contributed by atoms with Crippen molar-refractivity contribution in [1.82, 2.24) is 5.43 Å². The maximum atomic E-state index is 5.23. The molecule has 0 amide bonds. The fourth-order valence-electron chi connectivity index (χ4n) is 1.81. The summed E-state index contributed by atoms with van der Waals surface area (Å²) in [6, 6.07) is 15.4. The molecule has 22 heavy (non-hydrogen) atoms. The average molecular weight is 378 g/mol. The van der Waals surface area contributed by atoms with Crippen LogP contribution >= 0.6 is 28.1 Å². The molecule has 0 saturated carbocycles. The van der Waals surface area contributed by atoms with Gasteiger partial charge in [-0.2, -0.15) is 5.10 Å². The summed E-state index contributed by atoms with van der Waals surface area (Å²) >= 11 is 8.74. The van der Waals surface area contributed by atoms with E-state index < -0.39 is 0 Å². The van der Waals surface area contributed by atoms with E-state index in [4.69, 9.17) is 17.0 Å². The number of hydrazone groups is 1. The van der Waals surface area contributed by atoms with Crippen LogP contribution in [0.1, 0.15) is 12.5 Å². The lowest BCUT2D eigenvalue weighted by Crippen LogP contribution is -2.25. The van der Waals surface area contributed by atoms with Gasteiger partial charge in [-0.1, -0.05) is 40.2 Å². The van der Waals surface area contributed by atoms with Gasteiger partial charge in [-0.3, -0.25) is 5.43 Å². The Morgan fingerprint density at radius 2 is 1.95 bits per heavy atom. The Balaban J connectivity index is 2.00. The lowest BCUT2D eigenvalue weighted by molar-refractivity contribution is 0.415. The van der Waals surface area contributed by atoms with E-state index >= 15 is 0 Å². The van der Waals surface area contributed by atoms with E-state index in [9.17, 15) is 0 Å². The molecule has 0 saturated heterocycles. The Labute approximate surface area is 143 Å². The normalized spacial score (nSPS) is 11.0. The van der Waals surface area contributed by atoms with Gasteiger partial charge in [-0.25, -0.2) is 0 Å². The standard InChI is InChI=1S/C16H16BrN3OS/c1-11(14-8-3-4-9-15(14)17)19-20-16(22)18-12-6-5-7-13(10-12)21-2/h3-10H,1-2H3,(H2,18,20,22)/b19-11+. The highest BCUT2D eigenvalue weighted by molar-refractivity contribution is 9.10. The fourth-order valence-corrected chi connectivity index (χ4v) is 2.54. The van der Waals surface area contributed by atoms with Gasteiger partial charge in [0.2, 0.25) is 0 Å². The third kappa shape index (κ3) is 4.54. The average Bonchev–Trinajstić information content (AvgIpc) is 2.53. The molecule has 114 valence electrons. The highest BCUT2D eigenvalue weighted by atomic mass is 79.9. The Morgan fingerprint density at radius 1 is 1.18 bits per heavy atom. The van der Waals surface area contributed by atoms with E-state index in [0.717, 1.165) is 27.2 Å². The van der Waals surface area contributed by atoms with Crippen molar-refractivity contribution in [3.63, 3.8) is 0 Å². The number of anilines is 1. The smallest absolute Gasteiger partial charge is 0.191 e. The Bertz CT molecular complexity index is 703. The summed E-state index contributed by atoms with van der Waals surface area (Å²) in [4.78, 5) is 0. The Kier molecular flexibility index (Phi) is 5.91. The third-order valence-electron chi connectivity index (χ3n) is 2.92. The first-order chi connectivity index (χ1) is 10.6. The van der Waals surface area contributed by atoms with Crippen molar-refractivity contribution in [2.45, 2.75) is 6.92 Å². The topological polar surface area (TPSA) is 45.6 Å². The third-order valence-corrected chi connectivity index (χ3v) is 3.80. The maximum absolute atomic E-state index is 5.23. The van der Waals surface area contributed by atoms with Gasteiger partial charge in [-0.15, -0.1) is 0 Å². The zero-order valence-corrected chi connectivity index (χ0v) is 14.7. The predicted octanol–water partition coefficient (Wildman–Crippen LogP) is 4.17. The molecular formula is C16H16BrN3OS. The monoisotopic (exact) mass is 377 g/mol. The predicted molar refractivity (Wildman–Crippen MR) is 98.7 cm³/mol. The lowest BCUT2D eigenvalue weighted by Gasteiger charge is -2.09. The summed E-state index contributed by atoms with van der Waals surface area (Å²) in [7, 11) is 1.63. The number of nitrogens with one attached hydrogen (secondary N) is 2. The molecule has 0 bridgehead atoms. The zero-order chi connectivity index (χ0) is 15.9. The molecule has 0 aliphatic carbocycles. The number of rotatable bonds is 4. The van der Waals surface area contributed by atoms with Crippen molar-refractivity contribution in [3.05, 3.63) is 58.6 Å². The second-order valence-corrected chi connectivity index (χ2v) is 5.74. The largest absolute Gasteiger partial charge is 0.497 e. The molecule has 2 rings (SSSR count). The minimum atomic E-state index is 0.416. The molecule has 2 aromatic rings. The van der Waals surface area contributed by atoms with Crippen LogP contribution in [0.15, 0.2) is 58.1 Å². The van der Waals surface area contributed by atoms with Crippen LogP contribution in [0.2, 0.25) is 0 Å². The van der Waals surface area contributed by atoms with E-state index in [1.807, 2.05) is 55.5 Å². The number of benzene rings is 2. The number of thiocarbonyl (C=S) groups is 1. The molecule has 2 aromatic carbocycles. The molecule has 6 heteroatoms. The van der Waals surface area contributed by atoms with Gasteiger partial charge >= 0.3 is 0 Å². The van der Waals surface area contributed by atoms with Crippen LogP contribution in [0.4, 0.5) is 5.69 Å². The maximum Gasteiger partial charge on any atom is 0.191 e. The van der Waals surface area contributed by atoms with E-state index in [-0.39, 0.29) is 0 Å². The van der Waals surface area contributed by atoms with Crippen molar-refractivity contribution in [2.75, 3.05) is 12.4 Å². The van der Waals surface area contributed by atoms with E-state index in [1.54, 1.807) is 7.11 Å². The number of ether oxygens (including phenoxy) is 1. The molecule has 4 nitrogen and oxygen atoms in total. The van der Waals surface area contributed by atoms with Crippen LogP contribution in [0.5, 0.6) is 5.75 Å². The van der Waals surface area contributed by atoms with Gasteiger partial charge in [0.05, 0.1) is 12.8 Å². The lowest BCUT2D eigenvalue weighted by atomic mass is 10.1. The van der Waals surface area contributed by atoms with E-state index in [0.29, 0.717) is 5.11 Å². The van der Waals surface area contributed by atoms with Gasteiger partial charge in [0.1, 0.15) is 5.75 Å². The van der Waals surface area contributed by atoms with Crippen molar-refractivity contribution in [1.29, 1.82) is 0 Å². The first kappa shape index (κ1) is 16.5. The summed E-state index contributed by atoms with van der Waals surface area (Å²) < 4.78 is 6.16. The molecule has 0 aliphatic heterocycles. The molecule has 0 heterocycles. The van der Waals surface area contributed by atoms with Gasteiger partial charge < -0.3 is 10.1 Å². The number of nitrogens with zero attached hydrogens (tertiary/aromatic N) is 1. The molecule has 0 fully saturated rings. The van der Waals surface area contributed by atoms with Crippen molar-refractivity contribution >= 4 is 44.7 Å². The molecule has 0 aliphatic rings. The van der Waals surface area contributed by atoms with Crippen molar-refractivity contribution < 1.29 is 4.74 Å². The highest BCUT2D eigenvalue weighted by Crippen LogP contribution is 2.17. The fraction of sp³-hybridized carbons (Fsp3) is 0.125. The number of hydrogen-bond donors (Lipinski definition) is 2. The molecular weight excluding hydrogens is 362 g/mol. The quantitative estimate of drug-likeness (QED) is 0.476. The molecule has 0 spiro atoms. The SMILES string of the molecule is COc1cccc(NC(=S)N/N=C(\C)c2ccccc2Br)c1. The Hall–Kier alpha value is -1.92. The summed E-state index contributed by atoms with van der Waals surface area (Å²) in [5, 5.41) is 7.77. The van der Waals surface area contributed by atoms with E-state index in [2.05, 4.69) is 31.8 Å². The van der Waals surface area contributed by atoms with Crippen LogP contribution in [-0.4, -0.2) is 17.9 Å². The second-order valence-electron chi connectivity index (χ2n) is 4.47. The highest BCUT2D eigenvalue weighted by Gasteiger charge is 2.03. The first-order valence-electron chi connectivity index (χ1n) is 6.60. The molecule has 0 radical (unpaired) electrons. The van der Waals surface area contributed by atoms with Crippen LogP contribution in [0.3, 0.4) is 0 Å². The van der Waals surface area contributed by atoms with Gasteiger partial charge in [-0.05, 0) is 37.3 Å². The number of halogens is 1. The van der Waals surface area contributed by atoms with Crippen LogP contribution < -0.4 is 15.5 Å². The van der Waals surface area contributed by atoms with E-state index in [1.165, 1.54) is 0 Å².